The van der Waals surface area contributed by atoms with Crippen molar-refractivity contribution in [3.05, 3.63) is 18.0 Å². The van der Waals surface area contributed by atoms with Gasteiger partial charge in [-0.1, -0.05) is 6.92 Å². The number of carbonyl (C=O) groups is 2. The molecule has 2 rings (SSSR count). The number of aryl methyl sites for hydroxylation is 1. The Bertz CT molecular complexity index is 455. The molecular formula is C12H18N4O2. The summed E-state index contributed by atoms with van der Waals surface area (Å²) in [6.45, 7) is 2.82. The molecule has 18 heavy (non-hydrogen) atoms. The maximum Gasteiger partial charge on any atom is 0.245 e. The summed E-state index contributed by atoms with van der Waals surface area (Å²) in [6, 6.07) is 1.48. The topological polar surface area (TPSA) is 67.2 Å². The van der Waals surface area contributed by atoms with E-state index >= 15 is 0 Å². The van der Waals surface area contributed by atoms with Crippen molar-refractivity contribution in [2.45, 2.75) is 32.4 Å². The van der Waals surface area contributed by atoms with Crippen LogP contribution in [-0.2, 0) is 23.2 Å². The normalized spacial score (nSPS) is 20.8. The van der Waals surface area contributed by atoms with Gasteiger partial charge in [0.2, 0.25) is 11.8 Å². The van der Waals surface area contributed by atoms with Crippen LogP contribution in [0.2, 0.25) is 0 Å². The number of rotatable bonds is 3. The van der Waals surface area contributed by atoms with E-state index in [0.717, 1.165) is 5.69 Å². The third kappa shape index (κ3) is 2.69. The second-order valence-electron chi connectivity index (χ2n) is 4.52. The fourth-order valence-corrected chi connectivity index (χ4v) is 2.07. The Morgan fingerprint density at radius 3 is 2.89 bits per heavy atom. The standard InChI is InChI=1S/C12H18N4O2/c1-3-10-12(18)16(7-5-11(17)13-10)8-9-4-6-15(2)14-9/h4,6,10H,3,5,7-8H2,1-2H3,(H,13,17). The number of carbonyl (C=O) groups excluding carboxylic acids is 2. The van der Waals surface area contributed by atoms with E-state index < -0.39 is 6.04 Å². The minimum absolute atomic E-state index is 0.0194. The first-order valence-electron chi connectivity index (χ1n) is 6.17. The average molecular weight is 250 g/mol. The summed E-state index contributed by atoms with van der Waals surface area (Å²) in [4.78, 5) is 25.4. The number of amides is 2. The Labute approximate surface area is 106 Å². The highest BCUT2D eigenvalue weighted by Crippen LogP contribution is 2.10. The van der Waals surface area contributed by atoms with E-state index in [-0.39, 0.29) is 11.8 Å². The molecule has 0 aliphatic carbocycles. The molecule has 0 bridgehead atoms. The Balaban J connectivity index is 2.10. The lowest BCUT2D eigenvalue weighted by Crippen LogP contribution is -2.43. The molecule has 0 aromatic carbocycles. The predicted octanol–water partition coefficient (Wildman–Crippen LogP) is 0.0472. The van der Waals surface area contributed by atoms with Gasteiger partial charge in [0.15, 0.2) is 0 Å². The molecule has 98 valence electrons. The summed E-state index contributed by atoms with van der Waals surface area (Å²) < 4.78 is 1.71. The highest BCUT2D eigenvalue weighted by atomic mass is 16.2. The minimum Gasteiger partial charge on any atom is -0.344 e. The predicted molar refractivity (Wildman–Crippen MR) is 65.5 cm³/mol. The van der Waals surface area contributed by atoms with Crippen LogP contribution >= 0.6 is 0 Å². The maximum atomic E-state index is 12.2. The molecule has 0 radical (unpaired) electrons. The van der Waals surface area contributed by atoms with Gasteiger partial charge in [0.05, 0.1) is 12.2 Å². The lowest BCUT2D eigenvalue weighted by molar-refractivity contribution is -0.134. The monoisotopic (exact) mass is 250 g/mol. The fraction of sp³-hybridized carbons (Fsp3) is 0.583. The van der Waals surface area contributed by atoms with E-state index in [4.69, 9.17) is 0 Å². The summed E-state index contributed by atoms with van der Waals surface area (Å²) in [5.74, 6) is -0.0762. The van der Waals surface area contributed by atoms with Crippen molar-refractivity contribution < 1.29 is 9.59 Å². The fourth-order valence-electron chi connectivity index (χ4n) is 2.07. The lowest BCUT2D eigenvalue weighted by Gasteiger charge is -2.22. The van der Waals surface area contributed by atoms with Crippen molar-refractivity contribution in [3.63, 3.8) is 0 Å². The molecule has 1 aromatic rings. The van der Waals surface area contributed by atoms with Crippen LogP contribution in [0.15, 0.2) is 12.3 Å². The molecule has 1 saturated heterocycles. The molecule has 1 fully saturated rings. The van der Waals surface area contributed by atoms with Gasteiger partial charge < -0.3 is 10.2 Å². The van der Waals surface area contributed by atoms with Gasteiger partial charge in [-0.25, -0.2) is 0 Å². The van der Waals surface area contributed by atoms with Crippen LogP contribution in [0.25, 0.3) is 0 Å². The second kappa shape index (κ2) is 5.20. The molecule has 0 spiro atoms. The lowest BCUT2D eigenvalue weighted by atomic mass is 10.2. The van der Waals surface area contributed by atoms with Crippen LogP contribution in [0.4, 0.5) is 0 Å². The Morgan fingerprint density at radius 1 is 1.50 bits per heavy atom. The third-order valence-corrected chi connectivity index (χ3v) is 3.08. The van der Waals surface area contributed by atoms with Gasteiger partial charge in [-0.15, -0.1) is 0 Å². The molecule has 1 unspecified atom stereocenters. The van der Waals surface area contributed by atoms with Crippen LogP contribution in [0.3, 0.4) is 0 Å². The largest absolute Gasteiger partial charge is 0.344 e. The molecule has 1 aromatic heterocycles. The number of hydrogen-bond donors (Lipinski definition) is 1. The number of nitrogens with one attached hydrogen (secondary N) is 1. The van der Waals surface area contributed by atoms with E-state index in [9.17, 15) is 9.59 Å². The zero-order chi connectivity index (χ0) is 13.1. The van der Waals surface area contributed by atoms with Gasteiger partial charge in [-0.05, 0) is 12.5 Å². The highest BCUT2D eigenvalue weighted by molar-refractivity contribution is 5.89. The maximum absolute atomic E-state index is 12.2. The van der Waals surface area contributed by atoms with E-state index in [2.05, 4.69) is 10.4 Å². The van der Waals surface area contributed by atoms with Crippen LogP contribution in [-0.4, -0.2) is 39.1 Å². The Morgan fingerprint density at radius 2 is 2.28 bits per heavy atom. The van der Waals surface area contributed by atoms with E-state index in [0.29, 0.717) is 25.9 Å². The molecule has 2 heterocycles. The zero-order valence-electron chi connectivity index (χ0n) is 10.7. The first-order valence-corrected chi connectivity index (χ1v) is 6.17. The summed E-state index contributed by atoms with van der Waals surface area (Å²) in [6.07, 6.45) is 2.82. The summed E-state index contributed by atoms with van der Waals surface area (Å²) in [7, 11) is 1.84. The Kier molecular flexibility index (Phi) is 3.64. The zero-order valence-corrected chi connectivity index (χ0v) is 10.7. The molecule has 6 nitrogen and oxygen atoms in total. The van der Waals surface area contributed by atoms with Gasteiger partial charge in [0, 0.05) is 26.2 Å². The van der Waals surface area contributed by atoms with Crippen molar-refractivity contribution >= 4 is 11.8 Å². The Hall–Kier alpha value is -1.85. The van der Waals surface area contributed by atoms with E-state index in [1.54, 1.807) is 9.58 Å². The van der Waals surface area contributed by atoms with Gasteiger partial charge in [-0.2, -0.15) is 5.10 Å². The van der Waals surface area contributed by atoms with E-state index in [1.807, 2.05) is 26.2 Å². The van der Waals surface area contributed by atoms with Crippen LogP contribution < -0.4 is 5.32 Å². The molecule has 1 N–H and O–H groups in total. The first-order chi connectivity index (χ1) is 8.60. The summed E-state index contributed by atoms with van der Waals surface area (Å²) >= 11 is 0. The summed E-state index contributed by atoms with van der Waals surface area (Å²) in [5.41, 5.74) is 0.843. The molecule has 1 atom stereocenters. The molecular weight excluding hydrogens is 232 g/mol. The minimum atomic E-state index is -0.399. The van der Waals surface area contributed by atoms with Gasteiger partial charge in [0.25, 0.3) is 0 Å². The van der Waals surface area contributed by atoms with Gasteiger partial charge >= 0.3 is 0 Å². The van der Waals surface area contributed by atoms with Crippen LogP contribution in [0.1, 0.15) is 25.5 Å². The van der Waals surface area contributed by atoms with Crippen molar-refractivity contribution in [1.29, 1.82) is 0 Å². The molecule has 1 aliphatic heterocycles. The second-order valence-corrected chi connectivity index (χ2v) is 4.52. The smallest absolute Gasteiger partial charge is 0.245 e. The highest BCUT2D eigenvalue weighted by Gasteiger charge is 2.28. The van der Waals surface area contributed by atoms with Crippen LogP contribution in [0.5, 0.6) is 0 Å². The van der Waals surface area contributed by atoms with Gasteiger partial charge in [-0.3, -0.25) is 14.3 Å². The summed E-state index contributed by atoms with van der Waals surface area (Å²) in [5, 5.41) is 7.00. The molecule has 2 amide bonds. The number of nitrogens with zero attached hydrogens (tertiary/aromatic N) is 3. The molecule has 1 aliphatic rings. The van der Waals surface area contributed by atoms with Crippen LogP contribution in [0, 0.1) is 0 Å². The quantitative estimate of drug-likeness (QED) is 0.824. The van der Waals surface area contributed by atoms with Crippen molar-refractivity contribution in [1.82, 2.24) is 20.0 Å². The molecule has 0 saturated carbocycles. The van der Waals surface area contributed by atoms with Gasteiger partial charge in [0.1, 0.15) is 6.04 Å². The van der Waals surface area contributed by atoms with E-state index in [1.165, 1.54) is 0 Å². The first kappa shape index (κ1) is 12.6. The number of aromatic nitrogens is 2. The van der Waals surface area contributed by atoms with Crippen molar-refractivity contribution in [2.24, 2.45) is 7.05 Å². The molecule has 6 heteroatoms. The SMILES string of the molecule is CCC1NC(=O)CCN(Cc2ccn(C)n2)C1=O. The average Bonchev–Trinajstić information content (AvgIpc) is 2.70. The van der Waals surface area contributed by atoms with Crippen molar-refractivity contribution in [2.75, 3.05) is 6.54 Å². The number of hydrogen-bond acceptors (Lipinski definition) is 3. The van der Waals surface area contributed by atoms with Crippen molar-refractivity contribution in [3.8, 4) is 0 Å². The third-order valence-electron chi connectivity index (χ3n) is 3.08.